The summed E-state index contributed by atoms with van der Waals surface area (Å²) in [4.78, 5) is 0. The molecule has 0 aromatic carbocycles. The summed E-state index contributed by atoms with van der Waals surface area (Å²) in [6.45, 7) is 3.67. The normalized spacial score (nSPS) is 19.3. The van der Waals surface area contributed by atoms with Crippen molar-refractivity contribution in [3.05, 3.63) is 24.3 Å². The van der Waals surface area contributed by atoms with E-state index >= 15 is 0 Å². The molecule has 1 aliphatic heterocycles. The van der Waals surface area contributed by atoms with Gasteiger partial charge in [0.2, 0.25) is 0 Å². The van der Waals surface area contributed by atoms with Crippen molar-refractivity contribution in [2.45, 2.75) is 12.8 Å². The summed E-state index contributed by atoms with van der Waals surface area (Å²) < 4.78 is 0. The first-order valence-electron chi connectivity index (χ1n) is 3.31. The topological polar surface area (TPSA) is 0 Å². The van der Waals surface area contributed by atoms with Crippen molar-refractivity contribution in [3.63, 3.8) is 0 Å². The van der Waals surface area contributed by atoms with Crippen LogP contribution < -0.4 is 0 Å². The summed E-state index contributed by atoms with van der Waals surface area (Å²) in [7, 11) is 0. The van der Waals surface area contributed by atoms with E-state index in [0.717, 1.165) is 0 Å². The van der Waals surface area contributed by atoms with E-state index in [1.807, 2.05) is 17.8 Å². The van der Waals surface area contributed by atoms with Crippen molar-refractivity contribution >= 4 is 11.8 Å². The fraction of sp³-hybridized carbons (Fsp3) is 0.500. The SMILES string of the molecule is C=CC=C1CCSCC1. The van der Waals surface area contributed by atoms with Crippen LogP contribution in [0.25, 0.3) is 0 Å². The Balaban J connectivity index is 2.39. The van der Waals surface area contributed by atoms with Crippen molar-refractivity contribution in [1.29, 1.82) is 0 Å². The van der Waals surface area contributed by atoms with Crippen LogP contribution in [0.2, 0.25) is 0 Å². The molecule has 0 aromatic rings. The molecule has 9 heavy (non-hydrogen) atoms. The fourth-order valence-corrected chi connectivity index (χ4v) is 1.98. The molecular formula is C8H12S. The lowest BCUT2D eigenvalue weighted by atomic mass is 10.1. The van der Waals surface area contributed by atoms with Crippen LogP contribution >= 0.6 is 11.8 Å². The van der Waals surface area contributed by atoms with Gasteiger partial charge in [-0.1, -0.05) is 24.3 Å². The number of hydrogen-bond acceptors (Lipinski definition) is 1. The van der Waals surface area contributed by atoms with Crippen LogP contribution in [0.1, 0.15) is 12.8 Å². The van der Waals surface area contributed by atoms with E-state index in [0.29, 0.717) is 0 Å². The zero-order chi connectivity index (χ0) is 6.53. The third kappa shape index (κ3) is 2.27. The average molecular weight is 140 g/mol. The van der Waals surface area contributed by atoms with Gasteiger partial charge in [0, 0.05) is 0 Å². The molecule has 0 amide bonds. The van der Waals surface area contributed by atoms with Crippen molar-refractivity contribution in [2.75, 3.05) is 11.5 Å². The van der Waals surface area contributed by atoms with Gasteiger partial charge in [-0.3, -0.25) is 0 Å². The summed E-state index contributed by atoms with van der Waals surface area (Å²) in [6, 6.07) is 0. The van der Waals surface area contributed by atoms with Gasteiger partial charge < -0.3 is 0 Å². The highest BCUT2D eigenvalue weighted by Gasteiger charge is 2.02. The maximum absolute atomic E-state index is 3.67. The van der Waals surface area contributed by atoms with Gasteiger partial charge >= 0.3 is 0 Å². The van der Waals surface area contributed by atoms with Gasteiger partial charge in [0.25, 0.3) is 0 Å². The molecule has 1 aliphatic rings. The Bertz CT molecular complexity index is 117. The average Bonchev–Trinajstić information content (AvgIpc) is 1.91. The lowest BCUT2D eigenvalue weighted by Gasteiger charge is -2.11. The first kappa shape index (κ1) is 6.94. The summed E-state index contributed by atoms with van der Waals surface area (Å²) >= 11 is 2.05. The van der Waals surface area contributed by atoms with Gasteiger partial charge in [0.1, 0.15) is 0 Å². The van der Waals surface area contributed by atoms with Gasteiger partial charge in [-0.2, -0.15) is 11.8 Å². The Hall–Kier alpha value is -0.170. The maximum Gasteiger partial charge on any atom is -0.00300 e. The molecule has 0 atom stereocenters. The standard InChI is InChI=1S/C8H12S/c1-2-3-8-4-6-9-7-5-8/h2-3H,1,4-7H2. The highest BCUT2D eigenvalue weighted by atomic mass is 32.2. The fourth-order valence-electron chi connectivity index (χ4n) is 0.967. The summed E-state index contributed by atoms with van der Waals surface area (Å²) in [5, 5.41) is 0. The number of rotatable bonds is 1. The quantitative estimate of drug-likeness (QED) is 0.539. The lowest BCUT2D eigenvalue weighted by Crippen LogP contribution is -1.96. The van der Waals surface area contributed by atoms with Crippen LogP contribution in [-0.4, -0.2) is 11.5 Å². The second-order valence-electron chi connectivity index (χ2n) is 2.17. The maximum atomic E-state index is 3.67. The first-order chi connectivity index (χ1) is 4.43. The molecule has 0 aromatic heterocycles. The van der Waals surface area contributed by atoms with Gasteiger partial charge in [-0.25, -0.2) is 0 Å². The van der Waals surface area contributed by atoms with Crippen LogP contribution in [0.15, 0.2) is 24.3 Å². The Labute approximate surface area is 61.0 Å². The number of thioether (sulfide) groups is 1. The van der Waals surface area contributed by atoms with E-state index < -0.39 is 0 Å². The van der Waals surface area contributed by atoms with Gasteiger partial charge in [0.05, 0.1) is 0 Å². The van der Waals surface area contributed by atoms with E-state index in [4.69, 9.17) is 0 Å². The van der Waals surface area contributed by atoms with Crippen molar-refractivity contribution in [2.24, 2.45) is 0 Å². The molecule has 0 nitrogen and oxygen atoms in total. The molecular weight excluding hydrogens is 128 g/mol. The molecule has 1 saturated heterocycles. The summed E-state index contributed by atoms with van der Waals surface area (Å²) in [6.07, 6.45) is 6.60. The van der Waals surface area contributed by atoms with Crippen molar-refractivity contribution in [3.8, 4) is 0 Å². The van der Waals surface area contributed by atoms with E-state index in [2.05, 4.69) is 12.7 Å². The van der Waals surface area contributed by atoms with Crippen LogP contribution in [0.3, 0.4) is 0 Å². The van der Waals surface area contributed by atoms with Crippen molar-refractivity contribution < 1.29 is 0 Å². The third-order valence-corrected chi connectivity index (χ3v) is 2.47. The molecule has 1 rings (SSSR count). The monoisotopic (exact) mass is 140 g/mol. The zero-order valence-corrected chi connectivity index (χ0v) is 6.41. The first-order valence-corrected chi connectivity index (χ1v) is 4.47. The van der Waals surface area contributed by atoms with Crippen LogP contribution in [0, 0.1) is 0 Å². The van der Waals surface area contributed by atoms with E-state index in [1.54, 1.807) is 5.57 Å². The molecule has 1 heteroatoms. The minimum Gasteiger partial charge on any atom is -0.161 e. The number of allylic oxidation sites excluding steroid dienone is 3. The summed E-state index contributed by atoms with van der Waals surface area (Å²) in [5.74, 6) is 2.61. The molecule has 0 spiro atoms. The minimum atomic E-state index is 1.27. The number of hydrogen-bond donors (Lipinski definition) is 0. The van der Waals surface area contributed by atoms with Crippen LogP contribution in [0.4, 0.5) is 0 Å². The summed E-state index contributed by atoms with van der Waals surface area (Å²) in [5.41, 5.74) is 1.57. The highest BCUT2D eigenvalue weighted by Crippen LogP contribution is 2.21. The van der Waals surface area contributed by atoms with Gasteiger partial charge in [-0.05, 0) is 24.3 Å². The molecule has 0 bridgehead atoms. The molecule has 0 unspecified atom stereocenters. The van der Waals surface area contributed by atoms with Crippen LogP contribution in [0.5, 0.6) is 0 Å². The molecule has 0 radical (unpaired) electrons. The van der Waals surface area contributed by atoms with E-state index in [9.17, 15) is 0 Å². The lowest BCUT2D eigenvalue weighted by molar-refractivity contribution is 0.966. The third-order valence-electron chi connectivity index (χ3n) is 1.49. The van der Waals surface area contributed by atoms with E-state index in [-0.39, 0.29) is 0 Å². The molecule has 0 aliphatic carbocycles. The predicted octanol–water partition coefficient (Wildman–Crippen LogP) is 2.63. The largest absolute Gasteiger partial charge is 0.161 e. The second kappa shape index (κ2) is 3.78. The molecule has 0 N–H and O–H groups in total. The molecule has 1 fully saturated rings. The Kier molecular flexibility index (Phi) is 2.92. The van der Waals surface area contributed by atoms with Crippen molar-refractivity contribution in [1.82, 2.24) is 0 Å². The Morgan fingerprint density at radius 2 is 2.00 bits per heavy atom. The highest BCUT2D eigenvalue weighted by molar-refractivity contribution is 7.99. The molecule has 50 valence electrons. The van der Waals surface area contributed by atoms with E-state index in [1.165, 1.54) is 24.3 Å². The molecule has 0 saturated carbocycles. The second-order valence-corrected chi connectivity index (χ2v) is 3.40. The Morgan fingerprint density at radius 1 is 1.33 bits per heavy atom. The smallest absolute Gasteiger partial charge is 0.00300 e. The molecule has 1 heterocycles. The Morgan fingerprint density at radius 3 is 2.56 bits per heavy atom. The van der Waals surface area contributed by atoms with Gasteiger partial charge in [0.15, 0.2) is 0 Å². The van der Waals surface area contributed by atoms with Gasteiger partial charge in [-0.15, -0.1) is 0 Å². The predicted molar refractivity (Wildman–Crippen MR) is 44.8 cm³/mol. The minimum absolute atomic E-state index is 1.27. The zero-order valence-electron chi connectivity index (χ0n) is 5.60. The van der Waals surface area contributed by atoms with Crippen LogP contribution in [-0.2, 0) is 0 Å².